The number of hydrogen-bond acceptors (Lipinski definition) is 27. The van der Waals surface area contributed by atoms with E-state index in [4.69, 9.17) is 0 Å². The van der Waals surface area contributed by atoms with Crippen LogP contribution in [0.4, 0.5) is 0 Å². The average Bonchev–Trinajstić information content (AvgIpc) is 1.65. The molecule has 26 nitrogen and oxygen atoms in total. The second-order valence-electron chi connectivity index (χ2n) is 23.1. The van der Waals surface area contributed by atoms with Crippen molar-refractivity contribution in [2.75, 3.05) is 0 Å². The quantitative estimate of drug-likeness (QED) is 0.109. The van der Waals surface area contributed by atoms with Gasteiger partial charge in [0.05, 0.1) is 61.4 Å². The summed E-state index contributed by atoms with van der Waals surface area (Å²) in [6.45, 7) is 29.2. The van der Waals surface area contributed by atoms with Gasteiger partial charge in [0.1, 0.15) is 35.3 Å². The standard InChI is InChI=1S/C10H9N.C8H7NS.C6H7NO.2C6H7N.5C5H6N2.2C4H6N2.C4H5NO.2C4H5NS.C3H4N2S/c1-8-6-7-9-4-2-3-5-10(9)11-8;1-6-9-7-4-2-3-5-8(7)10-6;1-6-4-2-3-5-7(6)8;1-6-3-2-4-7-5-6;1-6-4-2-3-5-7-6;1-5-2-6-4-7-3-5;1-5-4-6-2-3-7-5;1-5-2-3-6-4-7-5;1-5-2-3-6-7-4-5;1-5-6-3-2-4-7-5;1-4-2-5-6-3-4;1-6-3-2-5-4-6;1-4-2-3-6-5-4;1-4-2-6-3-5-4;1-4-5-2-3-6-4;1-3-5-4-2-6-3/h2-7H,1H3;2-5H,1H3;2-5H,1H3;2*2-5H,1H3;5*2-4H,1H3;2-3H,1H3,(H,5,6);2-4H,1H3;3*2-3H,1H3;2H,1H3. The molecule has 18 rings (SSSR count). The number of nitrogens with one attached hydrogen (secondary N) is 1. The van der Waals surface area contributed by atoms with E-state index in [1.54, 1.807) is 188 Å². The van der Waals surface area contributed by atoms with Crippen molar-refractivity contribution < 1.29 is 9.25 Å². The number of nitrogens with zero attached hydrogens (tertiary/aromatic N) is 23. The molecule has 0 radical (unpaired) electrons. The third kappa shape index (κ3) is 52.0. The Balaban J connectivity index is 0.000000316. The largest absolute Gasteiger partial charge is 0.619 e. The van der Waals surface area contributed by atoms with E-state index >= 15 is 0 Å². The van der Waals surface area contributed by atoms with Crippen molar-refractivity contribution in [3.63, 3.8) is 0 Å². The number of aromatic amines is 1. The molecular formula is C84H98N24O2S4. The molecule has 0 saturated heterocycles. The number of imidazole rings is 1. The van der Waals surface area contributed by atoms with E-state index in [0.29, 0.717) is 0 Å². The van der Waals surface area contributed by atoms with Crippen LogP contribution in [-0.4, -0.2) is 115 Å². The molecule has 2 aromatic carbocycles. The summed E-state index contributed by atoms with van der Waals surface area (Å²) in [4.78, 5) is 58.8. The summed E-state index contributed by atoms with van der Waals surface area (Å²) in [6.07, 6.45) is 39.5. The van der Waals surface area contributed by atoms with Gasteiger partial charge in [-0.15, -0.1) is 55.5 Å². The predicted octanol–water partition coefficient (Wildman–Crippen LogP) is 18.4. The molecule has 18 aromatic rings. The smallest absolute Gasteiger partial charge is 0.189 e. The van der Waals surface area contributed by atoms with Crippen LogP contribution in [0, 0.1) is 109 Å². The minimum absolute atomic E-state index is 0.729. The van der Waals surface area contributed by atoms with Crippen molar-refractivity contribution in [2.45, 2.75) is 104 Å². The van der Waals surface area contributed by atoms with Crippen LogP contribution in [0.1, 0.15) is 83.0 Å². The molecule has 0 spiro atoms. The van der Waals surface area contributed by atoms with Crippen molar-refractivity contribution >= 4 is 66.5 Å². The fourth-order valence-electron chi connectivity index (χ4n) is 7.11. The van der Waals surface area contributed by atoms with Crippen molar-refractivity contribution in [3.05, 3.63) is 386 Å². The summed E-state index contributed by atoms with van der Waals surface area (Å²) >= 11 is 6.59. The van der Waals surface area contributed by atoms with Gasteiger partial charge in [0.25, 0.3) is 0 Å². The maximum absolute atomic E-state index is 10.5. The molecule has 0 aliphatic carbocycles. The molecular weight excluding hydrogens is 1510 g/mol. The SMILES string of the molecule is Cc1ccc2ccccc2n1.Cc1cccc[n+]1[O-].Cc1ccccn1.Cc1cccnc1.Cc1ccncn1.Cc1ccnnc1.Cc1ccon1.Cc1cn[nH]c1.Cc1cnccn1.Cc1cncnc1.Cc1cscn1.Cc1nc2ccccc2s1.Cc1ncccn1.Cc1nccs1.Cc1nncs1.Cn1ccnc1. The van der Waals surface area contributed by atoms with Crippen molar-refractivity contribution in [1.82, 2.24) is 115 Å². The second-order valence-corrected chi connectivity index (χ2v) is 27.2. The Morgan fingerprint density at radius 3 is 1.48 bits per heavy atom. The number of fused-ring (bicyclic) bond motifs is 2. The lowest BCUT2D eigenvalue weighted by Gasteiger charge is -1.95. The van der Waals surface area contributed by atoms with Crippen LogP contribution in [0.15, 0.2) is 303 Å². The first-order valence-corrected chi connectivity index (χ1v) is 38.5. The Morgan fingerprint density at radius 1 is 0.421 bits per heavy atom. The Labute approximate surface area is 683 Å². The molecule has 590 valence electrons. The number of thiazole rings is 3. The summed E-state index contributed by atoms with van der Waals surface area (Å²) in [5.74, 6) is 0.822. The summed E-state index contributed by atoms with van der Waals surface area (Å²) in [5.41, 5.74) is 17.3. The average molecular weight is 1600 g/mol. The van der Waals surface area contributed by atoms with Gasteiger partial charge in [0.2, 0.25) is 0 Å². The lowest BCUT2D eigenvalue weighted by molar-refractivity contribution is -0.612. The molecule has 0 aliphatic rings. The second kappa shape index (κ2) is 61.6. The van der Waals surface area contributed by atoms with Crippen molar-refractivity contribution in [3.8, 4) is 0 Å². The van der Waals surface area contributed by atoms with Crippen LogP contribution < -0.4 is 4.73 Å². The molecule has 0 saturated carbocycles. The van der Waals surface area contributed by atoms with E-state index in [2.05, 4.69) is 133 Å². The van der Waals surface area contributed by atoms with Gasteiger partial charge in [-0.05, 0) is 180 Å². The van der Waals surface area contributed by atoms with E-state index in [0.717, 1.165) is 87.6 Å². The van der Waals surface area contributed by atoms with Crippen molar-refractivity contribution in [1.29, 1.82) is 0 Å². The van der Waals surface area contributed by atoms with Gasteiger partial charge in [-0.3, -0.25) is 40.0 Å². The zero-order valence-corrected chi connectivity index (χ0v) is 70.3. The first kappa shape index (κ1) is 95.0. The van der Waals surface area contributed by atoms with Gasteiger partial charge >= 0.3 is 0 Å². The third-order valence-electron chi connectivity index (χ3n) is 12.7. The van der Waals surface area contributed by atoms with Gasteiger partial charge in [-0.25, -0.2) is 39.9 Å². The Morgan fingerprint density at radius 2 is 1.13 bits per heavy atom. The van der Waals surface area contributed by atoms with Gasteiger partial charge in [-0.1, -0.05) is 59.8 Å². The van der Waals surface area contributed by atoms with Crippen molar-refractivity contribution in [2.24, 2.45) is 7.05 Å². The zero-order chi connectivity index (χ0) is 82.9. The van der Waals surface area contributed by atoms with Crippen LogP contribution in [0.3, 0.4) is 0 Å². The van der Waals surface area contributed by atoms with E-state index in [1.165, 1.54) is 40.1 Å². The number of aryl methyl sites for hydroxylation is 16. The number of pyridine rings is 4. The first-order valence-electron chi connectivity index (χ1n) is 35.0. The van der Waals surface area contributed by atoms with Crippen LogP contribution in [0.25, 0.3) is 21.1 Å². The van der Waals surface area contributed by atoms with Gasteiger partial charge in [0, 0.05) is 170 Å². The predicted molar refractivity (Wildman–Crippen MR) is 459 cm³/mol. The van der Waals surface area contributed by atoms with E-state index in [-0.39, 0.29) is 0 Å². The minimum Gasteiger partial charge on any atom is -0.619 e. The molecule has 16 heterocycles. The Bertz CT molecular complexity index is 4430. The van der Waals surface area contributed by atoms with Gasteiger partial charge in [-0.2, -0.15) is 20.0 Å². The number of aromatic nitrogens is 24. The summed E-state index contributed by atoms with van der Waals surface area (Å²) in [6, 6.07) is 43.0. The first-order chi connectivity index (χ1) is 55.1. The number of para-hydroxylation sites is 2. The highest BCUT2D eigenvalue weighted by atomic mass is 32.1. The number of rotatable bonds is 0. The Hall–Kier alpha value is -13.2. The van der Waals surface area contributed by atoms with Gasteiger partial charge in [0.15, 0.2) is 11.9 Å². The minimum atomic E-state index is 0.729. The summed E-state index contributed by atoms with van der Waals surface area (Å²) < 4.78 is 8.46. The fraction of sp³-hybridized carbons (Fsp3) is 0.190. The fourth-order valence-corrected chi connectivity index (χ4v) is 9.26. The zero-order valence-electron chi connectivity index (χ0n) is 67.0. The van der Waals surface area contributed by atoms with Gasteiger partial charge < -0.3 is 14.3 Å². The lowest BCUT2D eigenvalue weighted by atomic mass is 10.2. The highest BCUT2D eigenvalue weighted by Gasteiger charge is 1.96. The molecule has 0 bridgehead atoms. The molecule has 0 unspecified atom stereocenters. The van der Waals surface area contributed by atoms with Crippen LogP contribution in [-0.2, 0) is 7.05 Å². The highest BCUT2D eigenvalue weighted by molar-refractivity contribution is 7.18. The normalized spacial score (nSPS) is 9.09. The number of H-pyrrole nitrogens is 1. The Kier molecular flexibility index (Phi) is 51.4. The third-order valence-corrected chi connectivity index (χ3v) is 15.7. The molecule has 1 N–H and O–H groups in total. The summed E-state index contributed by atoms with van der Waals surface area (Å²) in [5, 5.41) is 43.4. The van der Waals surface area contributed by atoms with Crippen LogP contribution in [0.5, 0.6) is 0 Å². The lowest BCUT2D eigenvalue weighted by Crippen LogP contribution is -2.28. The monoisotopic (exact) mass is 1600 g/mol. The number of benzene rings is 2. The highest BCUT2D eigenvalue weighted by Crippen LogP contribution is 2.20. The molecule has 16 aromatic heterocycles. The molecule has 0 atom stereocenters. The molecule has 114 heavy (non-hydrogen) atoms. The van der Waals surface area contributed by atoms with E-state index in [9.17, 15) is 5.21 Å². The molecule has 0 fully saturated rings. The van der Waals surface area contributed by atoms with Crippen LogP contribution >= 0.6 is 45.3 Å². The maximum atomic E-state index is 10.5. The summed E-state index contributed by atoms with van der Waals surface area (Å²) in [7, 11) is 1.94. The maximum Gasteiger partial charge on any atom is 0.189 e. The molecule has 0 amide bonds. The molecule has 30 heteroatoms. The van der Waals surface area contributed by atoms with Crippen LogP contribution in [0.2, 0.25) is 0 Å². The van der Waals surface area contributed by atoms with E-state index < -0.39 is 0 Å². The number of hydrogen-bond donors (Lipinski definition) is 1. The van der Waals surface area contributed by atoms with E-state index in [1.807, 2.05) is 234 Å². The topological polar surface area (TPSA) is 331 Å². The molecule has 0 aliphatic heterocycles.